The van der Waals surface area contributed by atoms with Crippen molar-refractivity contribution in [2.24, 2.45) is 0 Å². The molecule has 0 aliphatic heterocycles. The van der Waals surface area contributed by atoms with Gasteiger partial charge in [-0.25, -0.2) is 0 Å². The van der Waals surface area contributed by atoms with Gasteiger partial charge in [0.2, 0.25) is 0 Å². The summed E-state index contributed by atoms with van der Waals surface area (Å²) in [5.74, 6) is 0.442. The number of fused-ring (bicyclic) bond motifs is 3. The van der Waals surface area contributed by atoms with Crippen LogP contribution in [0.3, 0.4) is 0 Å². The molecule has 0 amide bonds. The molecule has 3 aromatic rings. The third-order valence-corrected chi connectivity index (χ3v) is 3.69. The molecule has 3 aromatic carbocycles. The fourth-order valence-electron chi connectivity index (χ4n) is 2.70. The van der Waals surface area contributed by atoms with Crippen LogP contribution in [0, 0.1) is 0 Å². The van der Waals surface area contributed by atoms with Crippen molar-refractivity contribution in [1.82, 2.24) is 0 Å². The summed E-state index contributed by atoms with van der Waals surface area (Å²) < 4.78 is 4.53. The zero-order valence-electron chi connectivity index (χ0n) is 12.6. The van der Waals surface area contributed by atoms with Crippen LogP contribution in [0.4, 0.5) is 0 Å². The largest absolute Gasteiger partial charge is 0.707 e. The normalized spacial score (nSPS) is 10.9. The highest BCUT2D eigenvalue weighted by atomic mass is 16.6. The second-order valence-electron chi connectivity index (χ2n) is 5.25. The highest BCUT2D eigenvalue weighted by molar-refractivity contribution is 6.33. The van der Waals surface area contributed by atoms with Crippen LogP contribution in [0.5, 0.6) is 5.75 Å². The van der Waals surface area contributed by atoms with E-state index in [-0.39, 0.29) is 0 Å². The van der Waals surface area contributed by atoms with Gasteiger partial charge in [0, 0.05) is 0 Å². The Balaban J connectivity index is 0.000000142. The molecule has 3 nitrogen and oxygen atoms in total. The van der Waals surface area contributed by atoms with E-state index in [1.54, 1.807) is 24.3 Å². The van der Waals surface area contributed by atoms with Crippen molar-refractivity contribution in [1.29, 1.82) is 0 Å². The highest BCUT2D eigenvalue weighted by Gasteiger charge is 2.15. The first kappa shape index (κ1) is 15.3. The molecule has 0 unspecified atom stereocenters. The molecular formula is C19H17BO3. The average Bonchev–Trinajstić information content (AvgIpc) is 2.94. The number of benzene rings is 3. The molecule has 23 heavy (non-hydrogen) atoms. The summed E-state index contributed by atoms with van der Waals surface area (Å²) in [6, 6.07) is 25.9. The molecule has 0 heterocycles. The summed E-state index contributed by atoms with van der Waals surface area (Å²) in [5.41, 5.74) is 5.75. The monoisotopic (exact) mass is 304 g/mol. The zero-order chi connectivity index (χ0) is 16.1. The van der Waals surface area contributed by atoms with Crippen molar-refractivity contribution < 1.29 is 14.7 Å². The van der Waals surface area contributed by atoms with Gasteiger partial charge in [-0.3, -0.25) is 0 Å². The minimum atomic E-state index is -1.73. The predicted octanol–water partition coefficient (Wildman–Crippen LogP) is 3.29. The lowest BCUT2D eigenvalue weighted by molar-refractivity contribution is 0.288. The summed E-state index contributed by atoms with van der Waals surface area (Å²) in [7, 11) is -1.73. The molecular weight excluding hydrogens is 287 g/mol. The zero-order valence-corrected chi connectivity index (χ0v) is 12.6. The molecule has 4 rings (SSSR count). The Morgan fingerprint density at radius 2 is 1.13 bits per heavy atom. The molecule has 0 bridgehead atoms. The van der Waals surface area contributed by atoms with Gasteiger partial charge in [-0.05, 0) is 40.8 Å². The van der Waals surface area contributed by atoms with Gasteiger partial charge >= 0.3 is 7.32 Å². The first-order valence-electron chi connectivity index (χ1n) is 7.48. The van der Waals surface area contributed by atoms with Crippen LogP contribution in [0.2, 0.25) is 0 Å². The van der Waals surface area contributed by atoms with Gasteiger partial charge in [0.25, 0.3) is 0 Å². The molecule has 0 saturated carbocycles. The maximum atomic E-state index is 8.34. The van der Waals surface area contributed by atoms with Crippen molar-refractivity contribution in [3.63, 3.8) is 0 Å². The molecule has 4 heteroatoms. The van der Waals surface area contributed by atoms with Crippen LogP contribution >= 0.6 is 0 Å². The molecule has 114 valence electrons. The van der Waals surface area contributed by atoms with Gasteiger partial charge in [-0.2, -0.15) is 0 Å². The van der Waals surface area contributed by atoms with Crippen LogP contribution in [-0.4, -0.2) is 17.4 Å². The van der Waals surface area contributed by atoms with Gasteiger partial charge in [-0.1, -0.05) is 66.7 Å². The molecule has 0 atom stereocenters. The highest BCUT2D eigenvalue weighted by Crippen LogP contribution is 2.35. The van der Waals surface area contributed by atoms with E-state index in [1.165, 1.54) is 22.3 Å². The minimum Gasteiger partial charge on any atom is -0.512 e. The van der Waals surface area contributed by atoms with Crippen molar-refractivity contribution in [3.05, 3.63) is 90.0 Å². The van der Waals surface area contributed by atoms with Crippen molar-refractivity contribution in [2.45, 2.75) is 6.42 Å². The average molecular weight is 304 g/mol. The summed E-state index contributed by atoms with van der Waals surface area (Å²) in [6.07, 6.45) is 1.10. The summed E-state index contributed by atoms with van der Waals surface area (Å²) in [6.45, 7) is 0. The fourth-order valence-corrected chi connectivity index (χ4v) is 2.70. The van der Waals surface area contributed by atoms with E-state index in [0.29, 0.717) is 5.75 Å². The van der Waals surface area contributed by atoms with Gasteiger partial charge in [0.15, 0.2) is 0 Å². The number of para-hydroxylation sites is 1. The molecule has 0 radical (unpaired) electrons. The summed E-state index contributed by atoms with van der Waals surface area (Å²) in [4.78, 5) is 0. The van der Waals surface area contributed by atoms with E-state index < -0.39 is 7.32 Å². The van der Waals surface area contributed by atoms with E-state index in [1.807, 2.05) is 6.07 Å². The van der Waals surface area contributed by atoms with Crippen molar-refractivity contribution >= 4 is 7.32 Å². The fraction of sp³-hybridized carbons (Fsp3) is 0.0526. The van der Waals surface area contributed by atoms with E-state index in [4.69, 9.17) is 10.0 Å². The van der Waals surface area contributed by atoms with Gasteiger partial charge in [0.05, 0.1) is 0 Å². The Labute approximate surface area is 136 Å². The molecule has 0 saturated heterocycles. The quantitative estimate of drug-likeness (QED) is 0.559. The van der Waals surface area contributed by atoms with Crippen LogP contribution in [0.15, 0.2) is 78.9 Å². The van der Waals surface area contributed by atoms with E-state index >= 15 is 0 Å². The Morgan fingerprint density at radius 1 is 0.652 bits per heavy atom. The molecule has 1 aliphatic carbocycles. The Morgan fingerprint density at radius 3 is 1.65 bits per heavy atom. The SMILES string of the molecule is OB(O)Oc1ccccc1.c1ccc2c(c1)Cc1ccccc1-2. The van der Waals surface area contributed by atoms with E-state index in [0.717, 1.165) is 6.42 Å². The van der Waals surface area contributed by atoms with Crippen LogP contribution < -0.4 is 4.65 Å². The molecule has 0 fully saturated rings. The summed E-state index contributed by atoms with van der Waals surface area (Å²) >= 11 is 0. The third kappa shape index (κ3) is 3.80. The van der Waals surface area contributed by atoms with Crippen LogP contribution in [0.25, 0.3) is 11.1 Å². The van der Waals surface area contributed by atoms with Crippen molar-refractivity contribution in [2.75, 3.05) is 0 Å². The molecule has 0 spiro atoms. The lowest BCUT2D eigenvalue weighted by Crippen LogP contribution is -2.20. The third-order valence-electron chi connectivity index (χ3n) is 3.69. The first-order chi connectivity index (χ1) is 11.2. The van der Waals surface area contributed by atoms with E-state index in [2.05, 4.69) is 53.2 Å². The van der Waals surface area contributed by atoms with Gasteiger partial charge in [0.1, 0.15) is 5.75 Å². The topological polar surface area (TPSA) is 49.7 Å². The lowest BCUT2D eigenvalue weighted by atomic mass is 10.1. The van der Waals surface area contributed by atoms with Gasteiger partial charge < -0.3 is 14.7 Å². The maximum Gasteiger partial charge on any atom is 0.707 e. The second-order valence-corrected chi connectivity index (χ2v) is 5.25. The Kier molecular flexibility index (Phi) is 4.76. The van der Waals surface area contributed by atoms with Crippen LogP contribution in [-0.2, 0) is 6.42 Å². The second kappa shape index (κ2) is 7.14. The molecule has 0 aromatic heterocycles. The number of hydrogen-bond donors (Lipinski definition) is 2. The lowest BCUT2D eigenvalue weighted by Gasteiger charge is -2.01. The molecule has 1 aliphatic rings. The van der Waals surface area contributed by atoms with E-state index in [9.17, 15) is 0 Å². The number of rotatable bonds is 2. The van der Waals surface area contributed by atoms with Gasteiger partial charge in [-0.15, -0.1) is 0 Å². The first-order valence-corrected chi connectivity index (χ1v) is 7.48. The van der Waals surface area contributed by atoms with Crippen LogP contribution in [0.1, 0.15) is 11.1 Å². The molecule has 2 N–H and O–H groups in total. The minimum absolute atomic E-state index is 0.442. The number of hydrogen-bond acceptors (Lipinski definition) is 3. The standard InChI is InChI=1S/C13H10.C6H7BO3/c1-3-7-12-10(5-1)9-11-6-2-4-8-13(11)12;8-7(9)10-6-4-2-1-3-5-6/h1-8H,9H2;1-5,8-9H. The Bertz CT molecular complexity index is 729. The smallest absolute Gasteiger partial charge is 0.512 e. The Hall–Kier alpha value is -2.56. The van der Waals surface area contributed by atoms with Crippen molar-refractivity contribution in [3.8, 4) is 16.9 Å². The predicted molar refractivity (Wildman–Crippen MR) is 91.9 cm³/mol. The summed E-state index contributed by atoms with van der Waals surface area (Å²) in [5, 5.41) is 16.7. The maximum absolute atomic E-state index is 8.34.